The molecule has 0 fully saturated rings. The third-order valence-electron chi connectivity index (χ3n) is 3.96. The first-order valence-electron chi connectivity index (χ1n) is 8.23. The zero-order chi connectivity index (χ0) is 19.1. The van der Waals surface area contributed by atoms with Gasteiger partial charge >= 0.3 is 5.97 Å². The van der Waals surface area contributed by atoms with E-state index in [-0.39, 0.29) is 30.0 Å². The standard InChI is InChI=1S/C20H22N2O4/c1-14(16-9-5-4-6-10-16)21-19(24)13-22(15(2)23)18-12-8-7-11-17(18)20(25)26-3/h4-12,14H,13H2,1-3H3,(H,21,24). The van der Waals surface area contributed by atoms with Gasteiger partial charge in [0.25, 0.3) is 0 Å². The van der Waals surface area contributed by atoms with Crippen LogP contribution in [-0.4, -0.2) is 31.4 Å². The number of para-hydroxylation sites is 1. The Kier molecular flexibility index (Phi) is 6.49. The minimum atomic E-state index is -0.565. The summed E-state index contributed by atoms with van der Waals surface area (Å²) < 4.78 is 4.76. The van der Waals surface area contributed by atoms with Crippen LogP contribution in [0.4, 0.5) is 5.69 Å². The van der Waals surface area contributed by atoms with E-state index < -0.39 is 5.97 Å². The highest BCUT2D eigenvalue weighted by molar-refractivity contribution is 6.04. The summed E-state index contributed by atoms with van der Waals surface area (Å²) in [5.74, 6) is -1.23. The van der Waals surface area contributed by atoms with Gasteiger partial charge in [-0.2, -0.15) is 0 Å². The quantitative estimate of drug-likeness (QED) is 0.809. The monoisotopic (exact) mass is 354 g/mol. The second-order valence-electron chi connectivity index (χ2n) is 5.81. The third kappa shape index (κ3) is 4.69. The molecule has 0 bridgehead atoms. The maximum atomic E-state index is 12.4. The van der Waals surface area contributed by atoms with Gasteiger partial charge in [0.15, 0.2) is 0 Å². The first-order chi connectivity index (χ1) is 12.4. The average molecular weight is 354 g/mol. The normalized spacial score (nSPS) is 11.3. The largest absolute Gasteiger partial charge is 0.465 e. The highest BCUT2D eigenvalue weighted by Crippen LogP contribution is 2.21. The molecule has 2 aromatic rings. The number of methoxy groups -OCH3 is 1. The molecule has 6 nitrogen and oxygen atoms in total. The summed E-state index contributed by atoms with van der Waals surface area (Å²) in [6, 6.07) is 15.9. The van der Waals surface area contributed by atoms with Crippen LogP contribution >= 0.6 is 0 Å². The van der Waals surface area contributed by atoms with E-state index in [1.54, 1.807) is 24.3 Å². The van der Waals surface area contributed by atoms with Gasteiger partial charge in [-0.1, -0.05) is 42.5 Å². The molecule has 0 spiro atoms. The molecule has 6 heteroatoms. The van der Waals surface area contributed by atoms with Crippen molar-refractivity contribution in [2.75, 3.05) is 18.6 Å². The molecular weight excluding hydrogens is 332 g/mol. The SMILES string of the molecule is COC(=O)c1ccccc1N(CC(=O)NC(C)c1ccccc1)C(C)=O. The van der Waals surface area contributed by atoms with Crippen LogP contribution in [0.5, 0.6) is 0 Å². The Balaban J connectivity index is 2.18. The molecular formula is C20H22N2O4. The zero-order valence-corrected chi connectivity index (χ0v) is 15.1. The van der Waals surface area contributed by atoms with Gasteiger partial charge < -0.3 is 15.0 Å². The van der Waals surface area contributed by atoms with Crippen LogP contribution < -0.4 is 10.2 Å². The van der Waals surface area contributed by atoms with Crippen LogP contribution in [0.2, 0.25) is 0 Å². The second-order valence-corrected chi connectivity index (χ2v) is 5.81. The molecule has 0 heterocycles. The number of nitrogens with one attached hydrogen (secondary N) is 1. The molecule has 2 amide bonds. The molecule has 1 atom stereocenters. The Bertz CT molecular complexity index is 789. The van der Waals surface area contributed by atoms with Gasteiger partial charge in [-0.3, -0.25) is 9.59 Å². The number of hydrogen-bond donors (Lipinski definition) is 1. The van der Waals surface area contributed by atoms with Crippen LogP contribution in [0, 0.1) is 0 Å². The number of benzene rings is 2. The highest BCUT2D eigenvalue weighted by Gasteiger charge is 2.22. The maximum absolute atomic E-state index is 12.4. The molecule has 0 radical (unpaired) electrons. The molecule has 0 aliphatic rings. The third-order valence-corrected chi connectivity index (χ3v) is 3.96. The summed E-state index contributed by atoms with van der Waals surface area (Å²) in [5.41, 5.74) is 1.54. The molecule has 26 heavy (non-hydrogen) atoms. The van der Waals surface area contributed by atoms with Crippen molar-refractivity contribution >= 4 is 23.5 Å². The Hall–Kier alpha value is -3.15. The van der Waals surface area contributed by atoms with Crippen molar-refractivity contribution in [2.45, 2.75) is 19.9 Å². The van der Waals surface area contributed by atoms with E-state index in [0.29, 0.717) is 5.69 Å². The lowest BCUT2D eigenvalue weighted by atomic mass is 10.1. The number of carbonyl (C=O) groups excluding carboxylic acids is 3. The van der Waals surface area contributed by atoms with Gasteiger partial charge in [0.2, 0.25) is 11.8 Å². The minimum absolute atomic E-state index is 0.194. The second kappa shape index (κ2) is 8.80. The molecule has 1 N–H and O–H groups in total. The number of ether oxygens (including phenoxy) is 1. The molecule has 0 saturated carbocycles. The van der Waals surface area contributed by atoms with E-state index in [1.165, 1.54) is 18.9 Å². The molecule has 0 aromatic heterocycles. The van der Waals surface area contributed by atoms with Crippen molar-refractivity contribution in [1.82, 2.24) is 5.32 Å². The first kappa shape index (κ1) is 19.2. The molecule has 2 rings (SSSR count). The van der Waals surface area contributed by atoms with Crippen molar-refractivity contribution < 1.29 is 19.1 Å². The van der Waals surface area contributed by atoms with E-state index in [1.807, 2.05) is 37.3 Å². The zero-order valence-electron chi connectivity index (χ0n) is 15.1. The summed E-state index contributed by atoms with van der Waals surface area (Å²) in [6.45, 7) is 3.02. The van der Waals surface area contributed by atoms with Crippen LogP contribution in [0.1, 0.15) is 35.8 Å². The van der Waals surface area contributed by atoms with E-state index in [9.17, 15) is 14.4 Å². The lowest BCUT2D eigenvalue weighted by Crippen LogP contribution is -2.41. The van der Waals surface area contributed by atoms with Gasteiger partial charge in [0.1, 0.15) is 6.54 Å². The minimum Gasteiger partial charge on any atom is -0.465 e. The van der Waals surface area contributed by atoms with Crippen LogP contribution in [0.15, 0.2) is 54.6 Å². The highest BCUT2D eigenvalue weighted by atomic mass is 16.5. The fraction of sp³-hybridized carbons (Fsp3) is 0.250. The van der Waals surface area contributed by atoms with Crippen molar-refractivity contribution in [2.24, 2.45) is 0 Å². The van der Waals surface area contributed by atoms with Gasteiger partial charge in [-0.15, -0.1) is 0 Å². The van der Waals surface area contributed by atoms with Crippen LogP contribution in [0.25, 0.3) is 0 Å². The van der Waals surface area contributed by atoms with Gasteiger partial charge in [-0.05, 0) is 24.6 Å². The molecule has 136 valence electrons. The number of carbonyl (C=O) groups is 3. The molecule has 0 saturated heterocycles. The number of hydrogen-bond acceptors (Lipinski definition) is 4. The number of nitrogens with zero attached hydrogens (tertiary/aromatic N) is 1. The van der Waals surface area contributed by atoms with Gasteiger partial charge in [0, 0.05) is 6.92 Å². The van der Waals surface area contributed by atoms with E-state index in [4.69, 9.17) is 4.74 Å². The Morgan fingerprint density at radius 1 is 1.04 bits per heavy atom. The summed E-state index contributed by atoms with van der Waals surface area (Å²) in [4.78, 5) is 37.7. The topological polar surface area (TPSA) is 75.7 Å². The van der Waals surface area contributed by atoms with Crippen molar-refractivity contribution in [3.63, 3.8) is 0 Å². The van der Waals surface area contributed by atoms with E-state index in [2.05, 4.69) is 5.32 Å². The number of rotatable bonds is 6. The lowest BCUT2D eigenvalue weighted by molar-refractivity contribution is -0.123. The van der Waals surface area contributed by atoms with Gasteiger partial charge in [0.05, 0.1) is 24.4 Å². The molecule has 1 unspecified atom stereocenters. The molecule has 0 aliphatic heterocycles. The maximum Gasteiger partial charge on any atom is 0.339 e. The van der Waals surface area contributed by atoms with E-state index in [0.717, 1.165) is 5.56 Å². The molecule has 0 aliphatic carbocycles. The number of amides is 2. The average Bonchev–Trinajstić information content (AvgIpc) is 2.66. The van der Waals surface area contributed by atoms with Crippen molar-refractivity contribution in [3.8, 4) is 0 Å². The fourth-order valence-electron chi connectivity index (χ4n) is 2.61. The summed E-state index contributed by atoms with van der Waals surface area (Å²) in [6.07, 6.45) is 0. The van der Waals surface area contributed by atoms with Crippen molar-refractivity contribution in [1.29, 1.82) is 0 Å². The lowest BCUT2D eigenvalue weighted by Gasteiger charge is -2.24. The summed E-state index contributed by atoms with van der Waals surface area (Å²) in [7, 11) is 1.27. The smallest absolute Gasteiger partial charge is 0.339 e. The first-order valence-corrected chi connectivity index (χ1v) is 8.23. The number of esters is 1. The summed E-state index contributed by atoms with van der Waals surface area (Å²) >= 11 is 0. The fourth-order valence-corrected chi connectivity index (χ4v) is 2.61. The van der Waals surface area contributed by atoms with Crippen LogP contribution in [-0.2, 0) is 14.3 Å². The predicted octanol–water partition coefficient (Wildman–Crippen LogP) is 2.70. The van der Waals surface area contributed by atoms with Crippen LogP contribution in [0.3, 0.4) is 0 Å². The summed E-state index contributed by atoms with van der Waals surface area (Å²) in [5, 5.41) is 2.86. The Labute approximate surface area is 152 Å². The van der Waals surface area contributed by atoms with Crippen molar-refractivity contribution in [3.05, 3.63) is 65.7 Å². The number of anilines is 1. The predicted molar refractivity (Wildman–Crippen MR) is 98.8 cm³/mol. The van der Waals surface area contributed by atoms with E-state index >= 15 is 0 Å². The molecule has 2 aromatic carbocycles. The Morgan fingerprint density at radius 2 is 1.65 bits per heavy atom. The van der Waals surface area contributed by atoms with Gasteiger partial charge in [-0.25, -0.2) is 4.79 Å². The Morgan fingerprint density at radius 3 is 2.27 bits per heavy atom.